The number of hydrazine groups is 1. The molecule has 0 aliphatic rings. The van der Waals surface area contributed by atoms with Crippen LogP contribution in [0.3, 0.4) is 0 Å². The van der Waals surface area contributed by atoms with Gasteiger partial charge in [0.15, 0.2) is 0 Å². The number of nitrogens with two attached hydrogens (primary N) is 1. The van der Waals surface area contributed by atoms with Crippen molar-refractivity contribution in [1.29, 1.82) is 0 Å². The molecule has 0 aliphatic heterocycles. The highest BCUT2D eigenvalue weighted by atomic mass is 32.1. The number of carbonyl (C=O) groups is 1. The van der Waals surface area contributed by atoms with E-state index >= 15 is 0 Å². The summed E-state index contributed by atoms with van der Waals surface area (Å²) in [5.74, 6) is 5.46. The average Bonchev–Trinajstić information content (AvgIpc) is 2.88. The fourth-order valence-corrected chi connectivity index (χ4v) is 2.27. The van der Waals surface area contributed by atoms with E-state index in [9.17, 15) is 4.79 Å². The lowest BCUT2D eigenvalue weighted by Gasteiger charge is -2.03. The number of nitrogens with one attached hydrogen (secondary N) is 1. The summed E-state index contributed by atoms with van der Waals surface area (Å²) in [6, 6.07) is 7.59. The Morgan fingerprint density at radius 3 is 3.11 bits per heavy atom. The number of hydrogen-bond donors (Lipinski definition) is 2. The summed E-state index contributed by atoms with van der Waals surface area (Å²) in [4.78, 5) is 15.5. The van der Waals surface area contributed by atoms with Gasteiger partial charge in [-0.25, -0.2) is 10.8 Å². The van der Waals surface area contributed by atoms with Crippen LogP contribution in [0, 0.1) is 0 Å². The maximum absolute atomic E-state index is 11.3. The van der Waals surface area contributed by atoms with Gasteiger partial charge in [-0.15, -0.1) is 11.3 Å². The maximum Gasteiger partial charge on any atom is 0.284 e. The predicted molar refractivity (Wildman–Crippen MR) is 70.4 cm³/mol. The number of aromatic nitrogens is 1. The molecule has 0 radical (unpaired) electrons. The first-order chi connectivity index (χ1) is 8.74. The van der Waals surface area contributed by atoms with Crippen LogP contribution >= 0.6 is 11.3 Å². The lowest BCUT2D eigenvalue weighted by molar-refractivity contribution is 0.0949. The summed E-state index contributed by atoms with van der Waals surface area (Å²) in [5.41, 5.74) is 3.30. The smallest absolute Gasteiger partial charge is 0.284 e. The van der Waals surface area contributed by atoms with Crippen molar-refractivity contribution in [3.63, 3.8) is 0 Å². The first-order valence-corrected chi connectivity index (χ1v) is 6.32. The maximum atomic E-state index is 11.3. The molecule has 0 unspecified atom stereocenters. The number of thiazole rings is 1. The topological polar surface area (TPSA) is 77.2 Å². The fraction of sp³-hybridized carbons (Fsp3) is 0.167. The molecule has 0 fully saturated rings. The fourth-order valence-electron chi connectivity index (χ4n) is 1.47. The monoisotopic (exact) mass is 263 g/mol. The van der Waals surface area contributed by atoms with Crippen LogP contribution in [0.25, 0.3) is 10.6 Å². The van der Waals surface area contributed by atoms with Gasteiger partial charge in [-0.1, -0.05) is 12.1 Å². The Bertz CT molecular complexity index is 554. The van der Waals surface area contributed by atoms with Crippen molar-refractivity contribution in [3.05, 3.63) is 35.3 Å². The molecule has 1 aromatic carbocycles. The quantitative estimate of drug-likeness (QED) is 0.501. The zero-order valence-electron chi connectivity index (χ0n) is 9.84. The zero-order chi connectivity index (χ0) is 13.0. The normalized spacial score (nSPS) is 10.1. The van der Waals surface area contributed by atoms with Crippen molar-refractivity contribution in [2.75, 3.05) is 6.61 Å². The molecule has 3 N–H and O–H groups in total. The molecule has 6 heteroatoms. The van der Waals surface area contributed by atoms with Gasteiger partial charge in [-0.3, -0.25) is 10.2 Å². The number of ether oxygens (including phenoxy) is 1. The summed E-state index contributed by atoms with van der Waals surface area (Å²) < 4.78 is 5.42. The van der Waals surface area contributed by atoms with Gasteiger partial charge >= 0.3 is 0 Å². The first-order valence-electron chi connectivity index (χ1n) is 5.44. The Balaban J connectivity index is 2.28. The predicted octanol–water partition coefficient (Wildman–Crippen LogP) is 1.81. The van der Waals surface area contributed by atoms with E-state index in [1.165, 1.54) is 11.3 Å². The molecule has 2 rings (SSSR count). The third kappa shape index (κ3) is 2.66. The summed E-state index contributed by atoms with van der Waals surface area (Å²) in [6.07, 6.45) is 0. The van der Waals surface area contributed by atoms with E-state index in [1.807, 2.05) is 31.2 Å². The molecule has 94 valence electrons. The van der Waals surface area contributed by atoms with Crippen LogP contribution in [0.2, 0.25) is 0 Å². The highest BCUT2D eigenvalue weighted by Gasteiger charge is 2.10. The summed E-state index contributed by atoms with van der Waals surface area (Å²) >= 11 is 1.39. The molecule has 2 aromatic rings. The van der Waals surface area contributed by atoms with Crippen molar-refractivity contribution in [1.82, 2.24) is 10.4 Å². The largest absolute Gasteiger partial charge is 0.494 e. The number of carbonyl (C=O) groups excluding carboxylic acids is 1. The van der Waals surface area contributed by atoms with Crippen LogP contribution in [0.5, 0.6) is 5.75 Å². The molecule has 0 saturated heterocycles. The molecule has 0 saturated carbocycles. The summed E-state index contributed by atoms with van der Waals surface area (Å²) in [7, 11) is 0. The second-order valence-electron chi connectivity index (χ2n) is 3.47. The van der Waals surface area contributed by atoms with Crippen LogP contribution in [0.1, 0.15) is 17.4 Å². The van der Waals surface area contributed by atoms with E-state index in [0.717, 1.165) is 16.3 Å². The third-order valence-electron chi connectivity index (χ3n) is 2.26. The Morgan fingerprint density at radius 1 is 1.56 bits per heavy atom. The molecular formula is C12H13N3O2S. The van der Waals surface area contributed by atoms with E-state index in [-0.39, 0.29) is 0 Å². The van der Waals surface area contributed by atoms with Gasteiger partial charge < -0.3 is 4.74 Å². The van der Waals surface area contributed by atoms with Crippen molar-refractivity contribution >= 4 is 17.2 Å². The minimum Gasteiger partial charge on any atom is -0.494 e. The van der Waals surface area contributed by atoms with Crippen molar-refractivity contribution in [2.45, 2.75) is 6.92 Å². The van der Waals surface area contributed by atoms with E-state index in [0.29, 0.717) is 12.3 Å². The number of hydrogen-bond acceptors (Lipinski definition) is 5. The van der Waals surface area contributed by atoms with Crippen LogP contribution in [-0.4, -0.2) is 17.5 Å². The lowest BCUT2D eigenvalue weighted by atomic mass is 10.2. The van der Waals surface area contributed by atoms with E-state index in [2.05, 4.69) is 10.4 Å². The molecule has 0 bridgehead atoms. The highest BCUT2D eigenvalue weighted by molar-refractivity contribution is 7.13. The van der Waals surface area contributed by atoms with Crippen LogP contribution in [0.4, 0.5) is 0 Å². The number of nitrogens with zero attached hydrogens (tertiary/aromatic N) is 1. The number of nitrogen functional groups attached to an aromatic ring is 1. The van der Waals surface area contributed by atoms with Gasteiger partial charge in [0.25, 0.3) is 5.91 Å². The zero-order valence-corrected chi connectivity index (χ0v) is 10.7. The van der Waals surface area contributed by atoms with Crippen LogP contribution < -0.4 is 16.0 Å². The summed E-state index contributed by atoms with van der Waals surface area (Å²) in [5, 5.41) is 2.43. The van der Waals surface area contributed by atoms with Gasteiger partial charge in [0.1, 0.15) is 16.5 Å². The van der Waals surface area contributed by atoms with Gasteiger partial charge in [-0.05, 0) is 19.1 Å². The van der Waals surface area contributed by atoms with Crippen molar-refractivity contribution < 1.29 is 9.53 Å². The van der Waals surface area contributed by atoms with Crippen LogP contribution in [-0.2, 0) is 0 Å². The SMILES string of the molecule is CCOc1cccc(-c2nc(C(=O)NN)cs2)c1. The Kier molecular flexibility index (Phi) is 3.91. The Hall–Kier alpha value is -1.92. The van der Waals surface area contributed by atoms with Crippen LogP contribution in [0.15, 0.2) is 29.6 Å². The first kappa shape index (κ1) is 12.5. The minimum absolute atomic E-state index is 0.319. The molecule has 1 amide bonds. The highest BCUT2D eigenvalue weighted by Crippen LogP contribution is 2.26. The molecule has 5 nitrogen and oxygen atoms in total. The molecular weight excluding hydrogens is 250 g/mol. The van der Waals surface area contributed by atoms with E-state index < -0.39 is 5.91 Å². The van der Waals surface area contributed by atoms with E-state index in [4.69, 9.17) is 10.6 Å². The summed E-state index contributed by atoms with van der Waals surface area (Å²) in [6.45, 7) is 2.54. The minimum atomic E-state index is -0.390. The molecule has 1 aromatic heterocycles. The lowest BCUT2D eigenvalue weighted by Crippen LogP contribution is -2.30. The van der Waals surface area contributed by atoms with E-state index in [1.54, 1.807) is 5.38 Å². The molecule has 0 atom stereocenters. The second-order valence-corrected chi connectivity index (χ2v) is 4.33. The third-order valence-corrected chi connectivity index (χ3v) is 3.15. The number of rotatable bonds is 4. The average molecular weight is 263 g/mol. The van der Waals surface area contributed by atoms with Crippen molar-refractivity contribution in [2.24, 2.45) is 5.84 Å². The molecule has 1 heterocycles. The number of benzene rings is 1. The standard InChI is InChI=1S/C12H13N3O2S/c1-2-17-9-5-3-4-8(6-9)12-14-10(7-18-12)11(16)15-13/h3-7H,2,13H2,1H3,(H,15,16). The van der Waals surface area contributed by atoms with Gasteiger partial charge in [0.05, 0.1) is 6.61 Å². The number of amides is 1. The molecule has 18 heavy (non-hydrogen) atoms. The second kappa shape index (κ2) is 5.61. The molecule has 0 spiro atoms. The molecule has 0 aliphatic carbocycles. The van der Waals surface area contributed by atoms with Gasteiger partial charge in [-0.2, -0.15) is 0 Å². The Morgan fingerprint density at radius 2 is 2.39 bits per heavy atom. The van der Waals surface area contributed by atoms with Gasteiger partial charge in [0, 0.05) is 10.9 Å². The van der Waals surface area contributed by atoms with Crippen molar-refractivity contribution in [3.8, 4) is 16.3 Å². The van der Waals surface area contributed by atoms with Gasteiger partial charge in [0.2, 0.25) is 0 Å². The Labute approximate surface area is 109 Å².